The molecule has 0 radical (unpaired) electrons. The molecule has 0 saturated carbocycles. The van der Waals surface area contributed by atoms with Crippen LogP contribution in [-0.4, -0.2) is 35.6 Å². The van der Waals surface area contributed by atoms with Crippen molar-refractivity contribution < 1.29 is 23.5 Å². The lowest BCUT2D eigenvalue weighted by molar-refractivity contribution is 0.00578. The van der Waals surface area contributed by atoms with E-state index in [9.17, 15) is 9.50 Å². The molecule has 1 aromatic carbocycles. The quantitative estimate of drug-likeness (QED) is 0.640. The Morgan fingerprint density at radius 2 is 1.75 bits per heavy atom. The fourth-order valence-corrected chi connectivity index (χ4v) is 2.46. The van der Waals surface area contributed by atoms with Gasteiger partial charge in [-0.3, -0.25) is 0 Å². The van der Waals surface area contributed by atoms with Crippen molar-refractivity contribution >= 4 is 12.6 Å². The molecule has 1 aliphatic heterocycles. The fourth-order valence-electron chi connectivity index (χ4n) is 2.46. The van der Waals surface area contributed by atoms with Gasteiger partial charge in [-0.15, -0.1) is 0 Å². The standard InChI is InChI=1S/C18H28BFO4/c1-16(2,21)10-7-11-22-13-8-9-15(20)14(12-13)19-23-17(3,4)18(5,6)24-19/h8-9,12,21H,7,10-11H2,1-6H3. The SMILES string of the molecule is CC(C)(O)CCCOc1ccc(F)c(B2OC(C)(C)C(C)(C)O2)c1. The van der Waals surface area contributed by atoms with Gasteiger partial charge < -0.3 is 19.2 Å². The molecule has 2 rings (SSSR count). The maximum atomic E-state index is 14.2. The van der Waals surface area contributed by atoms with Gasteiger partial charge in [-0.25, -0.2) is 4.39 Å². The minimum Gasteiger partial charge on any atom is -0.494 e. The van der Waals surface area contributed by atoms with E-state index in [0.29, 0.717) is 30.7 Å². The van der Waals surface area contributed by atoms with Crippen LogP contribution in [0.2, 0.25) is 0 Å². The first kappa shape index (κ1) is 19.2. The van der Waals surface area contributed by atoms with Crippen molar-refractivity contribution in [3.63, 3.8) is 0 Å². The van der Waals surface area contributed by atoms with Crippen molar-refractivity contribution in [3.8, 4) is 5.75 Å². The molecule has 4 nitrogen and oxygen atoms in total. The molecular weight excluding hydrogens is 310 g/mol. The summed E-state index contributed by atoms with van der Waals surface area (Å²) in [6.07, 6.45) is 1.35. The monoisotopic (exact) mass is 338 g/mol. The molecule has 6 heteroatoms. The second kappa shape index (κ2) is 6.66. The molecule has 0 amide bonds. The summed E-state index contributed by atoms with van der Waals surface area (Å²) in [6.45, 7) is 11.7. The van der Waals surface area contributed by atoms with E-state index in [4.69, 9.17) is 14.0 Å². The van der Waals surface area contributed by atoms with Crippen LogP contribution in [0.15, 0.2) is 18.2 Å². The van der Waals surface area contributed by atoms with Crippen LogP contribution < -0.4 is 10.2 Å². The number of rotatable bonds is 6. The van der Waals surface area contributed by atoms with E-state index in [-0.39, 0.29) is 5.82 Å². The van der Waals surface area contributed by atoms with Gasteiger partial charge in [0.05, 0.1) is 23.4 Å². The maximum absolute atomic E-state index is 14.2. The summed E-state index contributed by atoms with van der Waals surface area (Å²) in [7, 11) is -0.755. The number of hydrogen-bond acceptors (Lipinski definition) is 4. The zero-order valence-corrected chi connectivity index (χ0v) is 15.5. The van der Waals surface area contributed by atoms with Crippen LogP contribution in [0, 0.1) is 5.82 Å². The maximum Gasteiger partial charge on any atom is 0.497 e. The molecule has 0 bridgehead atoms. The van der Waals surface area contributed by atoms with Crippen LogP contribution in [0.5, 0.6) is 5.75 Å². The Bertz CT molecular complexity index is 565. The van der Waals surface area contributed by atoms with Crippen LogP contribution in [0.1, 0.15) is 54.4 Å². The predicted molar refractivity (Wildman–Crippen MR) is 93.1 cm³/mol. The first-order valence-corrected chi connectivity index (χ1v) is 8.42. The average molecular weight is 338 g/mol. The zero-order chi connectivity index (χ0) is 18.2. The van der Waals surface area contributed by atoms with E-state index in [1.165, 1.54) is 6.07 Å². The smallest absolute Gasteiger partial charge is 0.494 e. The lowest BCUT2D eigenvalue weighted by Crippen LogP contribution is -2.41. The molecular formula is C18H28BFO4. The van der Waals surface area contributed by atoms with Crippen molar-refractivity contribution in [2.45, 2.75) is 71.2 Å². The van der Waals surface area contributed by atoms with Gasteiger partial charge in [-0.2, -0.15) is 0 Å². The molecule has 0 unspecified atom stereocenters. The fraction of sp³-hybridized carbons (Fsp3) is 0.667. The Balaban J connectivity index is 2.05. The van der Waals surface area contributed by atoms with E-state index in [0.717, 1.165) is 0 Å². The van der Waals surface area contributed by atoms with Crippen LogP contribution in [0.3, 0.4) is 0 Å². The third-order valence-corrected chi connectivity index (χ3v) is 4.68. The first-order valence-electron chi connectivity index (χ1n) is 8.42. The third-order valence-electron chi connectivity index (χ3n) is 4.68. The van der Waals surface area contributed by atoms with Crippen LogP contribution >= 0.6 is 0 Å². The Labute approximate surface area is 144 Å². The summed E-state index contributed by atoms with van der Waals surface area (Å²) in [5, 5.41) is 9.70. The molecule has 1 heterocycles. The van der Waals surface area contributed by atoms with E-state index < -0.39 is 23.9 Å². The van der Waals surface area contributed by atoms with Gasteiger partial charge in [0.2, 0.25) is 0 Å². The summed E-state index contributed by atoms with van der Waals surface area (Å²) >= 11 is 0. The molecule has 1 aliphatic rings. The van der Waals surface area contributed by atoms with E-state index in [1.54, 1.807) is 26.0 Å². The van der Waals surface area contributed by atoms with Gasteiger partial charge in [-0.1, -0.05) is 0 Å². The number of hydrogen-bond donors (Lipinski definition) is 1. The average Bonchev–Trinajstić information content (AvgIpc) is 2.64. The number of halogens is 1. The lowest BCUT2D eigenvalue weighted by atomic mass is 9.78. The third kappa shape index (κ3) is 4.49. The highest BCUT2D eigenvalue weighted by molar-refractivity contribution is 6.62. The summed E-state index contributed by atoms with van der Waals surface area (Å²) < 4.78 is 31.7. The molecule has 0 aliphatic carbocycles. The van der Waals surface area contributed by atoms with Gasteiger partial charge in [0, 0.05) is 5.46 Å². The first-order chi connectivity index (χ1) is 10.9. The number of ether oxygens (including phenoxy) is 1. The highest BCUT2D eigenvalue weighted by Crippen LogP contribution is 2.36. The summed E-state index contributed by atoms with van der Waals surface area (Å²) in [5.41, 5.74) is -1.41. The van der Waals surface area contributed by atoms with Crippen molar-refractivity contribution in [3.05, 3.63) is 24.0 Å². The lowest BCUT2D eigenvalue weighted by Gasteiger charge is -2.32. The highest BCUT2D eigenvalue weighted by Gasteiger charge is 2.52. The van der Waals surface area contributed by atoms with Crippen LogP contribution in [-0.2, 0) is 9.31 Å². The molecule has 24 heavy (non-hydrogen) atoms. The van der Waals surface area contributed by atoms with Gasteiger partial charge in [0.15, 0.2) is 0 Å². The number of benzene rings is 1. The topological polar surface area (TPSA) is 47.9 Å². The van der Waals surface area contributed by atoms with Gasteiger partial charge in [-0.05, 0) is 72.6 Å². The molecule has 1 fully saturated rings. The summed E-state index contributed by atoms with van der Waals surface area (Å²) in [5.74, 6) is 0.189. The summed E-state index contributed by atoms with van der Waals surface area (Å²) in [4.78, 5) is 0. The molecule has 1 N–H and O–H groups in total. The molecule has 1 aromatic rings. The van der Waals surface area contributed by atoms with Gasteiger partial charge in [0.25, 0.3) is 0 Å². The van der Waals surface area contributed by atoms with E-state index in [2.05, 4.69) is 0 Å². The van der Waals surface area contributed by atoms with E-state index in [1.807, 2.05) is 27.7 Å². The molecule has 134 valence electrons. The molecule has 1 saturated heterocycles. The molecule has 0 atom stereocenters. The Morgan fingerprint density at radius 3 is 2.29 bits per heavy atom. The largest absolute Gasteiger partial charge is 0.497 e. The van der Waals surface area contributed by atoms with Gasteiger partial charge in [0.1, 0.15) is 11.6 Å². The molecule has 0 spiro atoms. The van der Waals surface area contributed by atoms with Crippen molar-refractivity contribution in [2.24, 2.45) is 0 Å². The minimum atomic E-state index is -0.755. The molecule has 0 aromatic heterocycles. The van der Waals surface area contributed by atoms with E-state index >= 15 is 0 Å². The second-order valence-corrected chi connectivity index (χ2v) is 8.04. The summed E-state index contributed by atoms with van der Waals surface area (Å²) in [6, 6.07) is 4.58. The Hall–Kier alpha value is -1.11. The predicted octanol–water partition coefficient (Wildman–Crippen LogP) is 3.05. The number of aliphatic hydroxyl groups is 1. The van der Waals surface area contributed by atoms with Gasteiger partial charge >= 0.3 is 7.12 Å². The zero-order valence-electron chi connectivity index (χ0n) is 15.5. The minimum absolute atomic E-state index is 0.341. The Morgan fingerprint density at radius 1 is 1.17 bits per heavy atom. The van der Waals surface area contributed by atoms with Crippen molar-refractivity contribution in [1.82, 2.24) is 0 Å². The second-order valence-electron chi connectivity index (χ2n) is 8.04. The van der Waals surface area contributed by atoms with Crippen LogP contribution in [0.25, 0.3) is 0 Å². The normalized spacial score (nSPS) is 19.6. The Kier molecular flexibility index (Phi) is 5.33. The van der Waals surface area contributed by atoms with Crippen molar-refractivity contribution in [2.75, 3.05) is 6.61 Å². The van der Waals surface area contributed by atoms with Crippen molar-refractivity contribution in [1.29, 1.82) is 0 Å². The van der Waals surface area contributed by atoms with Crippen LogP contribution in [0.4, 0.5) is 4.39 Å². The highest BCUT2D eigenvalue weighted by atomic mass is 19.1.